The van der Waals surface area contributed by atoms with Crippen molar-refractivity contribution >= 4 is 11.9 Å². The predicted octanol–water partition coefficient (Wildman–Crippen LogP) is 1.84. The first-order valence-corrected chi connectivity index (χ1v) is 6.24. The van der Waals surface area contributed by atoms with Gasteiger partial charge in [-0.15, -0.1) is 0 Å². The number of carbonyl (C=O) groups excluding carboxylic acids is 1. The molecular formula is C15H16N2O3. The molecule has 1 aromatic heterocycles. The van der Waals surface area contributed by atoms with E-state index in [1.165, 1.54) is 10.6 Å². The minimum atomic E-state index is -1.03. The Hall–Kier alpha value is -2.56. The zero-order chi connectivity index (χ0) is 14.5. The molecule has 0 saturated carbocycles. The Balaban J connectivity index is 2.01. The number of amides is 1. The van der Waals surface area contributed by atoms with Crippen molar-refractivity contribution in [2.24, 2.45) is 0 Å². The summed E-state index contributed by atoms with van der Waals surface area (Å²) in [6.45, 7) is 0.529. The van der Waals surface area contributed by atoms with E-state index in [9.17, 15) is 9.59 Å². The number of aromatic carboxylic acids is 1. The largest absolute Gasteiger partial charge is 0.477 e. The van der Waals surface area contributed by atoms with Crippen molar-refractivity contribution < 1.29 is 14.7 Å². The fourth-order valence-corrected chi connectivity index (χ4v) is 1.96. The molecule has 2 rings (SSSR count). The molecule has 0 atom stereocenters. The van der Waals surface area contributed by atoms with Gasteiger partial charge in [0.05, 0.1) is 0 Å². The lowest BCUT2D eigenvalue weighted by Gasteiger charge is -2.18. The van der Waals surface area contributed by atoms with Crippen molar-refractivity contribution in [1.82, 2.24) is 9.47 Å². The SMILES string of the molecule is CN(Cc1ccccc1)C(=O)Cn1cccc1C(=O)O. The van der Waals surface area contributed by atoms with E-state index in [1.54, 1.807) is 24.2 Å². The lowest BCUT2D eigenvalue weighted by molar-refractivity contribution is -0.131. The molecular weight excluding hydrogens is 256 g/mol. The van der Waals surface area contributed by atoms with Gasteiger partial charge < -0.3 is 14.6 Å². The average molecular weight is 272 g/mol. The molecule has 1 heterocycles. The van der Waals surface area contributed by atoms with E-state index >= 15 is 0 Å². The Morgan fingerprint density at radius 3 is 2.50 bits per heavy atom. The van der Waals surface area contributed by atoms with Crippen molar-refractivity contribution in [2.75, 3.05) is 7.05 Å². The Kier molecular flexibility index (Phi) is 4.20. The van der Waals surface area contributed by atoms with Gasteiger partial charge in [0.2, 0.25) is 5.91 Å². The number of carbonyl (C=O) groups is 2. The Labute approximate surface area is 117 Å². The van der Waals surface area contributed by atoms with Gasteiger partial charge in [-0.05, 0) is 17.7 Å². The summed E-state index contributed by atoms with van der Waals surface area (Å²) in [5, 5.41) is 9.00. The number of benzene rings is 1. The number of hydrogen-bond donors (Lipinski definition) is 1. The predicted molar refractivity (Wildman–Crippen MR) is 74.3 cm³/mol. The molecule has 0 radical (unpaired) electrons. The second-order valence-corrected chi connectivity index (χ2v) is 4.56. The van der Waals surface area contributed by atoms with E-state index in [1.807, 2.05) is 30.3 Å². The number of likely N-dealkylation sites (N-methyl/N-ethyl adjacent to an activating group) is 1. The lowest BCUT2D eigenvalue weighted by atomic mass is 10.2. The smallest absolute Gasteiger partial charge is 0.352 e. The molecule has 0 spiro atoms. The number of nitrogens with zero attached hydrogens (tertiary/aromatic N) is 2. The molecule has 1 amide bonds. The van der Waals surface area contributed by atoms with Crippen LogP contribution < -0.4 is 0 Å². The van der Waals surface area contributed by atoms with Crippen LogP contribution in [0.5, 0.6) is 0 Å². The quantitative estimate of drug-likeness (QED) is 0.903. The number of rotatable bonds is 5. The van der Waals surface area contributed by atoms with Crippen molar-refractivity contribution in [3.8, 4) is 0 Å². The summed E-state index contributed by atoms with van der Waals surface area (Å²) in [5.74, 6) is -1.17. The molecule has 1 N–H and O–H groups in total. The van der Waals surface area contributed by atoms with Crippen LogP contribution >= 0.6 is 0 Å². The van der Waals surface area contributed by atoms with Crippen molar-refractivity contribution in [3.05, 3.63) is 59.9 Å². The van der Waals surface area contributed by atoms with Crippen LogP contribution in [0.25, 0.3) is 0 Å². The average Bonchev–Trinajstić information content (AvgIpc) is 2.88. The van der Waals surface area contributed by atoms with Crippen molar-refractivity contribution in [2.45, 2.75) is 13.1 Å². The van der Waals surface area contributed by atoms with Gasteiger partial charge in [0, 0.05) is 19.8 Å². The van der Waals surface area contributed by atoms with Crippen LogP contribution in [0.1, 0.15) is 16.1 Å². The number of hydrogen-bond acceptors (Lipinski definition) is 2. The molecule has 104 valence electrons. The van der Waals surface area contributed by atoms with Crippen LogP contribution in [-0.2, 0) is 17.9 Å². The highest BCUT2D eigenvalue weighted by Crippen LogP contribution is 2.06. The molecule has 20 heavy (non-hydrogen) atoms. The van der Waals surface area contributed by atoms with Gasteiger partial charge in [-0.25, -0.2) is 4.79 Å². The van der Waals surface area contributed by atoms with Crippen LogP contribution in [-0.4, -0.2) is 33.5 Å². The third-order valence-electron chi connectivity index (χ3n) is 3.04. The number of carboxylic acids is 1. The van der Waals surface area contributed by atoms with Crippen LogP contribution in [0.2, 0.25) is 0 Å². The van der Waals surface area contributed by atoms with E-state index in [4.69, 9.17) is 5.11 Å². The standard InChI is InChI=1S/C15H16N2O3/c1-16(10-12-6-3-2-4-7-12)14(18)11-17-9-5-8-13(17)15(19)20/h2-9H,10-11H2,1H3,(H,19,20). The second-order valence-electron chi connectivity index (χ2n) is 4.56. The Bertz CT molecular complexity index is 605. The summed E-state index contributed by atoms with van der Waals surface area (Å²) >= 11 is 0. The number of aromatic nitrogens is 1. The highest BCUT2D eigenvalue weighted by atomic mass is 16.4. The van der Waals surface area contributed by atoms with E-state index in [0.717, 1.165) is 5.56 Å². The van der Waals surface area contributed by atoms with Gasteiger partial charge in [-0.2, -0.15) is 0 Å². The highest BCUT2D eigenvalue weighted by Gasteiger charge is 2.14. The molecule has 0 bridgehead atoms. The first kappa shape index (κ1) is 13.9. The van der Waals surface area contributed by atoms with E-state index < -0.39 is 5.97 Å². The van der Waals surface area contributed by atoms with Gasteiger partial charge in [0.25, 0.3) is 0 Å². The molecule has 0 fully saturated rings. The molecule has 0 saturated heterocycles. The first-order valence-electron chi connectivity index (χ1n) is 6.24. The van der Waals surface area contributed by atoms with Crippen LogP contribution in [0.15, 0.2) is 48.7 Å². The molecule has 0 unspecified atom stereocenters. The van der Waals surface area contributed by atoms with Crippen molar-refractivity contribution in [3.63, 3.8) is 0 Å². The van der Waals surface area contributed by atoms with E-state index in [2.05, 4.69) is 0 Å². The van der Waals surface area contributed by atoms with E-state index in [-0.39, 0.29) is 18.1 Å². The first-order chi connectivity index (χ1) is 9.58. The normalized spacial score (nSPS) is 10.2. The highest BCUT2D eigenvalue weighted by molar-refractivity contribution is 5.86. The van der Waals surface area contributed by atoms with Gasteiger partial charge in [-0.3, -0.25) is 4.79 Å². The van der Waals surface area contributed by atoms with Gasteiger partial charge >= 0.3 is 5.97 Å². The molecule has 5 heteroatoms. The minimum absolute atomic E-state index is 0.0258. The Morgan fingerprint density at radius 2 is 1.85 bits per heavy atom. The summed E-state index contributed by atoms with van der Waals surface area (Å²) in [7, 11) is 1.71. The zero-order valence-corrected chi connectivity index (χ0v) is 11.2. The van der Waals surface area contributed by atoms with Gasteiger partial charge in [-0.1, -0.05) is 30.3 Å². The second kappa shape index (κ2) is 6.06. The Morgan fingerprint density at radius 1 is 1.15 bits per heavy atom. The molecule has 0 aliphatic carbocycles. The summed E-state index contributed by atoms with van der Waals surface area (Å²) in [4.78, 5) is 24.7. The summed E-state index contributed by atoms with van der Waals surface area (Å²) in [5.41, 5.74) is 1.15. The molecule has 5 nitrogen and oxygen atoms in total. The monoisotopic (exact) mass is 272 g/mol. The molecule has 2 aromatic rings. The summed E-state index contributed by atoms with van der Waals surface area (Å²) in [6.07, 6.45) is 1.59. The fourth-order valence-electron chi connectivity index (χ4n) is 1.96. The summed E-state index contributed by atoms with van der Waals surface area (Å²) in [6, 6.07) is 12.7. The molecule has 1 aromatic carbocycles. The zero-order valence-electron chi connectivity index (χ0n) is 11.2. The minimum Gasteiger partial charge on any atom is -0.477 e. The van der Waals surface area contributed by atoms with Crippen LogP contribution in [0, 0.1) is 0 Å². The lowest BCUT2D eigenvalue weighted by Crippen LogP contribution is -2.30. The van der Waals surface area contributed by atoms with Gasteiger partial charge in [0.15, 0.2) is 0 Å². The van der Waals surface area contributed by atoms with Crippen molar-refractivity contribution in [1.29, 1.82) is 0 Å². The van der Waals surface area contributed by atoms with Crippen LogP contribution in [0.3, 0.4) is 0 Å². The fraction of sp³-hybridized carbons (Fsp3) is 0.200. The summed E-state index contributed by atoms with van der Waals surface area (Å²) < 4.78 is 1.44. The maximum atomic E-state index is 12.1. The third-order valence-corrected chi connectivity index (χ3v) is 3.04. The topological polar surface area (TPSA) is 62.5 Å². The molecule has 0 aliphatic heterocycles. The van der Waals surface area contributed by atoms with Gasteiger partial charge in [0.1, 0.15) is 12.2 Å². The van der Waals surface area contributed by atoms with E-state index in [0.29, 0.717) is 6.54 Å². The maximum absolute atomic E-state index is 12.1. The van der Waals surface area contributed by atoms with Crippen LogP contribution in [0.4, 0.5) is 0 Å². The molecule has 0 aliphatic rings. The maximum Gasteiger partial charge on any atom is 0.352 e. The number of carboxylic acid groups (broad SMARTS) is 1. The third kappa shape index (κ3) is 3.26.